The highest BCUT2D eigenvalue weighted by Gasteiger charge is 2.34. The zero-order chi connectivity index (χ0) is 28.7. The number of aliphatic hydroxyl groups excluding tert-OH is 1. The Kier molecular flexibility index (Phi) is 9.30. The Morgan fingerprint density at radius 3 is 2.52 bits per heavy atom. The van der Waals surface area contributed by atoms with Crippen LogP contribution in [0.5, 0.6) is 17.2 Å². The first-order valence-corrected chi connectivity index (χ1v) is 12.7. The molecule has 1 unspecified atom stereocenters. The number of halogens is 2. The second-order valence-electron chi connectivity index (χ2n) is 8.86. The van der Waals surface area contributed by atoms with E-state index in [1.807, 2.05) is 0 Å². The van der Waals surface area contributed by atoms with Crippen molar-refractivity contribution in [2.45, 2.75) is 25.0 Å². The Bertz CT molecular complexity index is 1470. The van der Waals surface area contributed by atoms with Crippen molar-refractivity contribution in [3.8, 4) is 28.5 Å². The van der Waals surface area contributed by atoms with Gasteiger partial charge in [-0.25, -0.2) is 19.0 Å². The number of pyridine rings is 1. The molecule has 2 aromatic heterocycles. The van der Waals surface area contributed by atoms with Gasteiger partial charge in [0.1, 0.15) is 42.1 Å². The summed E-state index contributed by atoms with van der Waals surface area (Å²) in [7, 11) is 2.92. The molecule has 0 amide bonds. The lowest BCUT2D eigenvalue weighted by molar-refractivity contribution is 0.00104. The van der Waals surface area contributed by atoms with Crippen molar-refractivity contribution in [2.75, 3.05) is 27.4 Å². The number of hydrogen-bond donors (Lipinski definition) is 2. The SMILES string of the molecule is COc1cc(C(=O)CCC(O)(Cn2cncn2)c2ccc(OC)c(-c3ccc(F)c(Cl)c3)n2)ccc1OCCO. The molecular formula is C28H28ClFN4O6. The first-order chi connectivity index (χ1) is 19.3. The molecule has 0 radical (unpaired) electrons. The number of aromatic nitrogens is 4. The summed E-state index contributed by atoms with van der Waals surface area (Å²) in [5, 5.41) is 25.0. The first-order valence-electron chi connectivity index (χ1n) is 12.3. The maximum atomic E-state index is 13.8. The van der Waals surface area contributed by atoms with Crippen LogP contribution in [-0.4, -0.2) is 63.2 Å². The van der Waals surface area contributed by atoms with Crippen molar-refractivity contribution in [1.29, 1.82) is 0 Å². The predicted molar refractivity (Wildman–Crippen MR) is 144 cm³/mol. The summed E-state index contributed by atoms with van der Waals surface area (Å²) in [4.78, 5) is 21.8. The standard InChI is InChI=1S/C28H28ClFN4O6/c1-38-24-7-8-26(33-27(24)19-3-5-21(30)20(29)13-19)28(37,15-34-17-31-16-32-34)10-9-22(36)18-4-6-23(40-12-11-35)25(14-18)39-2/h3-8,13-14,16-17,35,37H,9-12,15H2,1-2H3. The van der Waals surface area contributed by atoms with Crippen LogP contribution in [0.4, 0.5) is 4.39 Å². The maximum absolute atomic E-state index is 13.8. The summed E-state index contributed by atoms with van der Waals surface area (Å²) >= 11 is 6.01. The maximum Gasteiger partial charge on any atom is 0.163 e. The van der Waals surface area contributed by atoms with E-state index in [9.17, 15) is 14.3 Å². The molecule has 12 heteroatoms. The number of hydrogen-bond acceptors (Lipinski definition) is 9. The largest absolute Gasteiger partial charge is 0.494 e. The third-order valence-electron chi connectivity index (χ3n) is 6.24. The van der Waals surface area contributed by atoms with E-state index in [2.05, 4.69) is 15.1 Å². The van der Waals surface area contributed by atoms with Gasteiger partial charge in [-0.3, -0.25) is 4.79 Å². The average molecular weight is 571 g/mol. The third-order valence-corrected chi connectivity index (χ3v) is 6.53. The number of carbonyl (C=O) groups is 1. The molecule has 0 aliphatic heterocycles. The molecule has 2 aromatic carbocycles. The lowest BCUT2D eigenvalue weighted by Crippen LogP contribution is -2.33. The monoisotopic (exact) mass is 570 g/mol. The highest BCUT2D eigenvalue weighted by atomic mass is 35.5. The van der Waals surface area contributed by atoms with Crippen molar-refractivity contribution < 1.29 is 33.6 Å². The molecule has 0 bridgehead atoms. The van der Waals surface area contributed by atoms with Gasteiger partial charge in [-0.15, -0.1) is 0 Å². The first kappa shape index (κ1) is 28.9. The zero-order valence-electron chi connectivity index (χ0n) is 21.9. The van der Waals surface area contributed by atoms with Gasteiger partial charge in [0.25, 0.3) is 0 Å². The van der Waals surface area contributed by atoms with Crippen LogP contribution in [0, 0.1) is 5.82 Å². The smallest absolute Gasteiger partial charge is 0.163 e. The van der Waals surface area contributed by atoms with Crippen LogP contribution in [0.2, 0.25) is 5.02 Å². The molecule has 2 heterocycles. The Morgan fingerprint density at radius 1 is 1.07 bits per heavy atom. The number of carbonyl (C=O) groups excluding carboxylic acids is 1. The lowest BCUT2D eigenvalue weighted by Gasteiger charge is -2.28. The van der Waals surface area contributed by atoms with Gasteiger partial charge in [0.05, 0.1) is 38.1 Å². The minimum Gasteiger partial charge on any atom is -0.494 e. The van der Waals surface area contributed by atoms with Crippen molar-refractivity contribution in [3.05, 3.63) is 83.3 Å². The van der Waals surface area contributed by atoms with Crippen LogP contribution in [-0.2, 0) is 12.1 Å². The Balaban J connectivity index is 1.65. The fraction of sp³-hybridized carbons (Fsp3) is 0.286. The number of benzene rings is 2. The molecular weight excluding hydrogens is 543 g/mol. The van der Waals surface area contributed by atoms with E-state index < -0.39 is 11.4 Å². The van der Waals surface area contributed by atoms with Gasteiger partial charge in [0.15, 0.2) is 17.3 Å². The number of methoxy groups -OCH3 is 2. The van der Waals surface area contributed by atoms with Gasteiger partial charge in [-0.05, 0) is 55.0 Å². The van der Waals surface area contributed by atoms with Crippen molar-refractivity contribution in [2.24, 2.45) is 0 Å². The molecule has 0 saturated heterocycles. The molecule has 0 saturated carbocycles. The second-order valence-corrected chi connectivity index (χ2v) is 9.27. The van der Waals surface area contributed by atoms with E-state index in [1.165, 1.54) is 49.8 Å². The van der Waals surface area contributed by atoms with Gasteiger partial charge < -0.3 is 24.4 Å². The summed E-state index contributed by atoms with van der Waals surface area (Å²) in [5.41, 5.74) is -0.214. The summed E-state index contributed by atoms with van der Waals surface area (Å²) < 4.78 is 31.5. The average Bonchev–Trinajstić information content (AvgIpc) is 3.48. The molecule has 1 atom stereocenters. The van der Waals surface area contributed by atoms with Crippen LogP contribution in [0.1, 0.15) is 28.9 Å². The van der Waals surface area contributed by atoms with E-state index in [0.29, 0.717) is 34.1 Å². The highest BCUT2D eigenvalue weighted by molar-refractivity contribution is 6.31. The van der Waals surface area contributed by atoms with E-state index in [-0.39, 0.29) is 49.1 Å². The predicted octanol–water partition coefficient (Wildman–Crippen LogP) is 4.07. The van der Waals surface area contributed by atoms with Gasteiger partial charge in [0, 0.05) is 17.5 Å². The molecule has 0 spiro atoms. The number of ether oxygens (including phenoxy) is 3. The number of nitrogens with zero attached hydrogens (tertiary/aromatic N) is 4. The van der Waals surface area contributed by atoms with Crippen LogP contribution in [0.25, 0.3) is 11.3 Å². The summed E-state index contributed by atoms with van der Waals surface area (Å²) in [6, 6.07) is 12.1. The van der Waals surface area contributed by atoms with Gasteiger partial charge >= 0.3 is 0 Å². The quantitative estimate of drug-likeness (QED) is 0.228. The van der Waals surface area contributed by atoms with Crippen LogP contribution in [0.15, 0.2) is 61.2 Å². The van der Waals surface area contributed by atoms with Crippen LogP contribution < -0.4 is 14.2 Å². The summed E-state index contributed by atoms with van der Waals surface area (Å²) in [6.07, 6.45) is 2.73. The zero-order valence-corrected chi connectivity index (χ0v) is 22.6. The third kappa shape index (κ3) is 6.56. The number of rotatable bonds is 13. The number of Topliss-reactive ketones (excluding diaryl/α,β-unsaturated/α-hetero) is 1. The fourth-order valence-corrected chi connectivity index (χ4v) is 4.35. The normalized spacial score (nSPS) is 12.6. The molecule has 2 N–H and O–H groups in total. The topological polar surface area (TPSA) is 129 Å². The summed E-state index contributed by atoms with van der Waals surface area (Å²) in [5.74, 6) is 0.305. The van der Waals surface area contributed by atoms with Crippen molar-refractivity contribution >= 4 is 17.4 Å². The van der Waals surface area contributed by atoms with Crippen LogP contribution in [0.3, 0.4) is 0 Å². The molecule has 10 nitrogen and oxygen atoms in total. The molecule has 40 heavy (non-hydrogen) atoms. The molecule has 0 aliphatic rings. The molecule has 4 rings (SSSR count). The summed E-state index contributed by atoms with van der Waals surface area (Å²) in [6.45, 7) is -0.121. The minimum atomic E-state index is -1.65. The molecule has 4 aromatic rings. The molecule has 0 fully saturated rings. The minimum absolute atomic E-state index is 0.0142. The van der Waals surface area contributed by atoms with Gasteiger partial charge in [-0.1, -0.05) is 11.6 Å². The van der Waals surface area contributed by atoms with Crippen LogP contribution >= 0.6 is 11.6 Å². The van der Waals surface area contributed by atoms with Crippen molar-refractivity contribution in [1.82, 2.24) is 19.7 Å². The second kappa shape index (κ2) is 12.9. The number of ketones is 1. The Labute approximate surface area is 234 Å². The van der Waals surface area contributed by atoms with E-state index in [1.54, 1.807) is 30.3 Å². The Morgan fingerprint density at radius 2 is 1.85 bits per heavy atom. The van der Waals surface area contributed by atoms with E-state index >= 15 is 0 Å². The Hall–Kier alpha value is -4.06. The fourth-order valence-electron chi connectivity index (χ4n) is 4.17. The van der Waals surface area contributed by atoms with E-state index in [0.717, 1.165) is 0 Å². The van der Waals surface area contributed by atoms with Crippen molar-refractivity contribution in [3.63, 3.8) is 0 Å². The van der Waals surface area contributed by atoms with Gasteiger partial charge in [-0.2, -0.15) is 5.10 Å². The lowest BCUT2D eigenvalue weighted by atomic mass is 9.90. The van der Waals surface area contributed by atoms with Gasteiger partial charge in [0.2, 0.25) is 0 Å². The molecule has 210 valence electrons. The number of aliphatic hydroxyl groups is 2. The highest BCUT2D eigenvalue weighted by Crippen LogP contribution is 2.36. The molecule has 0 aliphatic carbocycles. The van der Waals surface area contributed by atoms with E-state index in [4.69, 9.17) is 30.9 Å².